The van der Waals surface area contributed by atoms with Gasteiger partial charge in [-0.2, -0.15) is 15.1 Å². The van der Waals surface area contributed by atoms with Crippen LogP contribution >= 0.6 is 0 Å². The summed E-state index contributed by atoms with van der Waals surface area (Å²) in [6.07, 6.45) is 6.03. The summed E-state index contributed by atoms with van der Waals surface area (Å²) < 4.78 is 7.03. The van der Waals surface area contributed by atoms with E-state index in [0.29, 0.717) is 30.6 Å². The molecule has 0 unspecified atom stereocenters. The fourth-order valence-corrected chi connectivity index (χ4v) is 4.23. The topological polar surface area (TPSA) is 99.2 Å². The third kappa shape index (κ3) is 2.60. The zero-order valence-electron chi connectivity index (χ0n) is 15.3. The van der Waals surface area contributed by atoms with Gasteiger partial charge in [-0.1, -0.05) is 19.1 Å². The van der Waals surface area contributed by atoms with E-state index in [-0.39, 0.29) is 29.6 Å². The van der Waals surface area contributed by atoms with Gasteiger partial charge in [0.1, 0.15) is 5.82 Å². The molecule has 2 aliphatic rings. The van der Waals surface area contributed by atoms with Crippen LogP contribution in [0.5, 0.6) is 0 Å². The largest absolute Gasteiger partial charge is 0.466 e. The van der Waals surface area contributed by atoms with Crippen molar-refractivity contribution >= 4 is 28.8 Å². The van der Waals surface area contributed by atoms with Crippen molar-refractivity contribution in [3.05, 3.63) is 18.3 Å². The van der Waals surface area contributed by atoms with Gasteiger partial charge in [-0.25, -0.2) is 0 Å². The Morgan fingerprint density at radius 2 is 2.15 bits per heavy atom. The number of carbonyl (C=O) groups is 1. The summed E-state index contributed by atoms with van der Waals surface area (Å²) in [4.78, 5) is 23.7. The number of anilines is 2. The van der Waals surface area contributed by atoms with Crippen LogP contribution in [-0.2, 0) is 16.6 Å². The van der Waals surface area contributed by atoms with Crippen LogP contribution in [0.4, 0.5) is 11.8 Å². The molecule has 0 aromatic carbocycles. The van der Waals surface area contributed by atoms with Crippen LogP contribution in [0.15, 0.2) is 18.3 Å². The molecule has 2 aromatic rings. The van der Waals surface area contributed by atoms with Gasteiger partial charge in [0.25, 0.3) is 0 Å². The average Bonchev–Trinajstić information content (AvgIpc) is 3.19. The lowest BCUT2D eigenvalue weighted by Gasteiger charge is -2.31. The van der Waals surface area contributed by atoms with Crippen LogP contribution < -0.4 is 10.6 Å². The Morgan fingerprint density at radius 1 is 1.35 bits per heavy atom. The number of nitrogen functional groups attached to an aromatic ring is 1. The lowest BCUT2D eigenvalue weighted by atomic mass is 9.72. The Labute approximate surface area is 152 Å². The van der Waals surface area contributed by atoms with Crippen LogP contribution in [0.3, 0.4) is 0 Å². The van der Waals surface area contributed by atoms with Crippen LogP contribution in [0, 0.1) is 23.7 Å². The highest BCUT2D eigenvalue weighted by molar-refractivity contribution is 5.86. The normalized spacial score (nSPS) is 27.7. The van der Waals surface area contributed by atoms with Gasteiger partial charge in [-0.15, -0.1) is 0 Å². The number of allylic oxidation sites excluding steroid dienone is 1. The van der Waals surface area contributed by atoms with Gasteiger partial charge in [-0.05, 0) is 24.7 Å². The van der Waals surface area contributed by atoms with Gasteiger partial charge < -0.3 is 15.4 Å². The number of esters is 1. The van der Waals surface area contributed by atoms with E-state index in [1.807, 2.05) is 14.0 Å². The number of carbonyl (C=O) groups excluding carboxylic acids is 1. The number of aryl methyl sites for hydroxylation is 1. The number of rotatable bonds is 3. The minimum absolute atomic E-state index is 0.108. The third-order valence-corrected chi connectivity index (χ3v) is 5.55. The minimum atomic E-state index is -0.132. The molecule has 138 valence electrons. The van der Waals surface area contributed by atoms with Crippen molar-refractivity contribution in [3.8, 4) is 0 Å². The maximum absolute atomic E-state index is 12.5. The molecule has 26 heavy (non-hydrogen) atoms. The minimum Gasteiger partial charge on any atom is -0.466 e. The summed E-state index contributed by atoms with van der Waals surface area (Å²) in [5, 5.41) is 4.96. The Kier molecular flexibility index (Phi) is 4.05. The Balaban J connectivity index is 1.64. The molecule has 8 nitrogen and oxygen atoms in total. The first-order chi connectivity index (χ1) is 12.5. The molecule has 0 spiro atoms. The lowest BCUT2D eigenvalue weighted by Crippen LogP contribution is -2.37. The van der Waals surface area contributed by atoms with E-state index in [4.69, 9.17) is 10.5 Å². The van der Waals surface area contributed by atoms with E-state index < -0.39 is 0 Å². The second-order valence-corrected chi connectivity index (χ2v) is 7.17. The molecule has 2 aromatic heterocycles. The molecular weight excluding hydrogens is 332 g/mol. The number of ether oxygens (including phenoxy) is 1. The number of hydrogen-bond acceptors (Lipinski definition) is 7. The summed E-state index contributed by atoms with van der Waals surface area (Å²) in [7, 11) is 1.84. The first-order valence-electron chi connectivity index (χ1n) is 9.04. The van der Waals surface area contributed by atoms with Crippen molar-refractivity contribution in [1.82, 2.24) is 19.7 Å². The molecule has 3 heterocycles. The standard InChI is InChI=1S/C18H24N6O2/c1-4-26-17(25)14-10(2)5-6-11-8-24(9-13(11)14)18-21-15(19)12-7-20-23(3)16(12)22-18/h5-7,10-11,13-14H,4,8-9H2,1-3H3,(H2,19,21,22)/t10-,11-,13-,14-/m0/s1. The van der Waals surface area contributed by atoms with Gasteiger partial charge in [0, 0.05) is 20.1 Å². The Bertz CT molecular complexity index is 876. The molecule has 4 atom stereocenters. The van der Waals surface area contributed by atoms with Gasteiger partial charge in [0.15, 0.2) is 5.65 Å². The molecule has 1 aliphatic heterocycles. The highest BCUT2D eigenvalue weighted by atomic mass is 16.5. The summed E-state index contributed by atoms with van der Waals surface area (Å²) in [5.74, 6) is 1.43. The smallest absolute Gasteiger partial charge is 0.309 e. The SMILES string of the molecule is CCOC(=O)[C@@H]1[C@H]2CN(c3nc(N)c4cnn(C)c4n3)C[C@@H]2C=C[C@@H]1C. The van der Waals surface area contributed by atoms with E-state index in [0.717, 1.165) is 11.9 Å². The molecule has 1 aliphatic carbocycles. The maximum atomic E-state index is 12.5. The highest BCUT2D eigenvalue weighted by Crippen LogP contribution is 2.41. The molecule has 4 rings (SSSR count). The Morgan fingerprint density at radius 3 is 2.92 bits per heavy atom. The number of fused-ring (bicyclic) bond motifs is 2. The molecule has 1 saturated heterocycles. The lowest BCUT2D eigenvalue weighted by molar-refractivity contribution is -0.151. The molecule has 0 saturated carbocycles. The summed E-state index contributed by atoms with van der Waals surface area (Å²) in [6, 6.07) is 0. The van der Waals surface area contributed by atoms with Gasteiger partial charge >= 0.3 is 5.97 Å². The number of nitrogens with two attached hydrogens (primary N) is 1. The molecule has 2 N–H and O–H groups in total. The predicted octanol–water partition coefficient (Wildman–Crippen LogP) is 1.38. The van der Waals surface area contributed by atoms with Crippen molar-refractivity contribution in [2.45, 2.75) is 13.8 Å². The highest BCUT2D eigenvalue weighted by Gasteiger charge is 2.45. The van der Waals surface area contributed by atoms with E-state index in [1.54, 1.807) is 10.9 Å². The van der Waals surface area contributed by atoms with Crippen molar-refractivity contribution in [2.24, 2.45) is 30.7 Å². The Hall–Kier alpha value is -2.64. The monoisotopic (exact) mass is 356 g/mol. The van der Waals surface area contributed by atoms with Crippen molar-refractivity contribution in [1.29, 1.82) is 0 Å². The van der Waals surface area contributed by atoms with Crippen molar-refractivity contribution < 1.29 is 9.53 Å². The third-order valence-electron chi connectivity index (χ3n) is 5.55. The van der Waals surface area contributed by atoms with Gasteiger partial charge in [0.05, 0.1) is 24.1 Å². The summed E-state index contributed by atoms with van der Waals surface area (Å²) in [5.41, 5.74) is 6.82. The predicted molar refractivity (Wildman–Crippen MR) is 98.3 cm³/mol. The second-order valence-electron chi connectivity index (χ2n) is 7.17. The quantitative estimate of drug-likeness (QED) is 0.655. The number of hydrogen-bond donors (Lipinski definition) is 1. The summed E-state index contributed by atoms with van der Waals surface area (Å²) >= 11 is 0. The first kappa shape index (κ1) is 16.8. The number of aromatic nitrogens is 4. The fourth-order valence-electron chi connectivity index (χ4n) is 4.23. The molecule has 0 radical (unpaired) electrons. The van der Waals surface area contributed by atoms with E-state index in [9.17, 15) is 4.79 Å². The van der Waals surface area contributed by atoms with Crippen LogP contribution in [0.1, 0.15) is 13.8 Å². The molecule has 0 bridgehead atoms. The zero-order valence-corrected chi connectivity index (χ0v) is 15.3. The van der Waals surface area contributed by atoms with E-state index >= 15 is 0 Å². The summed E-state index contributed by atoms with van der Waals surface area (Å²) in [6.45, 7) is 5.81. The zero-order chi connectivity index (χ0) is 18.4. The maximum Gasteiger partial charge on any atom is 0.309 e. The van der Waals surface area contributed by atoms with Gasteiger partial charge in [0.2, 0.25) is 5.95 Å². The van der Waals surface area contributed by atoms with Crippen LogP contribution in [-0.4, -0.2) is 45.4 Å². The molecular formula is C18H24N6O2. The van der Waals surface area contributed by atoms with Crippen LogP contribution in [0.25, 0.3) is 11.0 Å². The van der Waals surface area contributed by atoms with Crippen LogP contribution in [0.2, 0.25) is 0 Å². The van der Waals surface area contributed by atoms with E-state index in [1.165, 1.54) is 0 Å². The fraction of sp³-hybridized carbons (Fsp3) is 0.556. The van der Waals surface area contributed by atoms with Gasteiger partial charge in [-0.3, -0.25) is 9.48 Å². The number of nitrogens with zero attached hydrogens (tertiary/aromatic N) is 5. The van der Waals surface area contributed by atoms with Crippen molar-refractivity contribution in [2.75, 3.05) is 30.3 Å². The average molecular weight is 356 g/mol. The molecule has 1 fully saturated rings. The molecule has 0 amide bonds. The van der Waals surface area contributed by atoms with E-state index in [2.05, 4.69) is 39.0 Å². The molecule has 8 heteroatoms. The first-order valence-corrected chi connectivity index (χ1v) is 9.04. The van der Waals surface area contributed by atoms with Crippen molar-refractivity contribution in [3.63, 3.8) is 0 Å². The second kappa shape index (κ2) is 6.26.